The van der Waals surface area contributed by atoms with Crippen LogP contribution in [0.4, 0.5) is 0 Å². The van der Waals surface area contributed by atoms with Gasteiger partial charge in [-0.15, -0.1) is 0 Å². The summed E-state index contributed by atoms with van der Waals surface area (Å²) in [4.78, 5) is 12.3. The lowest BCUT2D eigenvalue weighted by Gasteiger charge is -2.44. The summed E-state index contributed by atoms with van der Waals surface area (Å²) in [5, 5.41) is 0. The second-order valence-electron chi connectivity index (χ2n) is 8.24. The van der Waals surface area contributed by atoms with Gasteiger partial charge in [0.15, 0.2) is 0 Å². The zero-order chi connectivity index (χ0) is 14.9. The van der Waals surface area contributed by atoms with Crippen LogP contribution in [0, 0.1) is 16.7 Å². The van der Waals surface area contributed by atoms with E-state index >= 15 is 0 Å². The minimum atomic E-state index is -0.363. The summed E-state index contributed by atoms with van der Waals surface area (Å²) in [6.07, 6.45) is 5.25. The second-order valence-corrected chi connectivity index (χ2v) is 8.24. The number of carbonyl (C=O) groups is 1. The van der Waals surface area contributed by atoms with E-state index < -0.39 is 0 Å². The molecule has 0 heterocycles. The van der Waals surface area contributed by atoms with Crippen molar-refractivity contribution < 1.29 is 9.53 Å². The fourth-order valence-electron chi connectivity index (χ4n) is 2.79. The van der Waals surface area contributed by atoms with Crippen molar-refractivity contribution in [3.05, 3.63) is 0 Å². The lowest BCUT2D eigenvalue weighted by Crippen LogP contribution is -2.43. The number of hydrogen-bond acceptors (Lipinski definition) is 2. The minimum absolute atomic E-state index is 0.0351. The number of rotatable bonds is 3. The number of esters is 1. The van der Waals surface area contributed by atoms with Crippen LogP contribution in [0.15, 0.2) is 0 Å². The third-order valence-corrected chi connectivity index (χ3v) is 4.94. The molecule has 0 amide bonds. The van der Waals surface area contributed by atoms with Gasteiger partial charge in [0.05, 0.1) is 5.41 Å². The molecule has 0 spiro atoms. The summed E-state index contributed by atoms with van der Waals surface area (Å²) in [5.74, 6) is 0.607. The molecular weight excluding hydrogens is 236 g/mol. The molecule has 1 aliphatic carbocycles. The third kappa shape index (κ3) is 4.22. The largest absolute Gasteiger partial charge is 0.459 e. The van der Waals surface area contributed by atoms with Gasteiger partial charge in [-0.05, 0) is 64.2 Å². The summed E-state index contributed by atoms with van der Waals surface area (Å²) in [6, 6.07) is 0. The van der Waals surface area contributed by atoms with Crippen molar-refractivity contribution in [3.8, 4) is 0 Å². The van der Waals surface area contributed by atoms with Gasteiger partial charge in [0.2, 0.25) is 0 Å². The van der Waals surface area contributed by atoms with E-state index in [0.717, 1.165) is 25.7 Å². The van der Waals surface area contributed by atoms with Crippen LogP contribution < -0.4 is 0 Å². The molecule has 0 aromatic heterocycles. The first-order chi connectivity index (χ1) is 8.50. The zero-order valence-electron chi connectivity index (χ0n) is 13.9. The van der Waals surface area contributed by atoms with Crippen LogP contribution in [0.2, 0.25) is 0 Å². The van der Waals surface area contributed by atoms with Gasteiger partial charge in [-0.25, -0.2) is 0 Å². The van der Waals surface area contributed by atoms with E-state index in [1.165, 1.54) is 6.42 Å². The maximum Gasteiger partial charge on any atom is 0.312 e. The van der Waals surface area contributed by atoms with E-state index in [-0.39, 0.29) is 17.0 Å². The first-order valence-corrected chi connectivity index (χ1v) is 7.74. The van der Waals surface area contributed by atoms with Gasteiger partial charge in [-0.2, -0.15) is 0 Å². The predicted octanol–water partition coefficient (Wildman–Crippen LogP) is 4.96. The minimum Gasteiger partial charge on any atom is -0.459 e. The molecule has 0 saturated heterocycles. The standard InChI is InChI=1S/C17H32O2/c1-8-16(5,6)14(18)19-17(7)11-9-10-13(12-17)15(2,3)4/h13H,8-12H2,1-7H3. The fourth-order valence-corrected chi connectivity index (χ4v) is 2.79. The lowest BCUT2D eigenvalue weighted by atomic mass is 9.68. The molecule has 2 atom stereocenters. The van der Waals surface area contributed by atoms with Gasteiger partial charge in [0.25, 0.3) is 0 Å². The molecule has 0 radical (unpaired) electrons. The van der Waals surface area contributed by atoms with Crippen molar-refractivity contribution in [2.75, 3.05) is 0 Å². The van der Waals surface area contributed by atoms with Crippen LogP contribution in [-0.4, -0.2) is 11.6 Å². The average molecular weight is 268 g/mol. The highest BCUT2D eigenvalue weighted by molar-refractivity contribution is 5.76. The van der Waals surface area contributed by atoms with Crippen molar-refractivity contribution in [1.82, 2.24) is 0 Å². The molecule has 2 unspecified atom stereocenters. The Bertz CT molecular complexity index is 325. The number of hydrogen-bond donors (Lipinski definition) is 0. The van der Waals surface area contributed by atoms with Gasteiger partial charge in [0, 0.05) is 0 Å². The van der Waals surface area contributed by atoms with E-state index in [2.05, 4.69) is 27.7 Å². The van der Waals surface area contributed by atoms with Crippen molar-refractivity contribution in [2.24, 2.45) is 16.7 Å². The predicted molar refractivity (Wildman–Crippen MR) is 80.0 cm³/mol. The normalized spacial score (nSPS) is 29.1. The Labute approximate surface area is 119 Å². The van der Waals surface area contributed by atoms with Crippen molar-refractivity contribution in [2.45, 2.75) is 86.2 Å². The molecule has 0 aromatic carbocycles. The summed E-state index contributed by atoms with van der Waals surface area (Å²) >= 11 is 0. The molecule has 1 saturated carbocycles. The number of carbonyl (C=O) groups excluding carboxylic acids is 1. The molecule has 1 aliphatic rings. The molecule has 1 rings (SSSR count). The van der Waals surface area contributed by atoms with E-state index in [9.17, 15) is 4.79 Å². The van der Waals surface area contributed by atoms with E-state index in [0.29, 0.717) is 11.3 Å². The molecule has 0 bridgehead atoms. The highest BCUT2D eigenvalue weighted by atomic mass is 16.6. The first-order valence-electron chi connectivity index (χ1n) is 7.74. The molecule has 0 N–H and O–H groups in total. The van der Waals surface area contributed by atoms with Crippen LogP contribution >= 0.6 is 0 Å². The highest BCUT2D eigenvalue weighted by Gasteiger charge is 2.41. The van der Waals surface area contributed by atoms with Crippen LogP contribution in [0.5, 0.6) is 0 Å². The van der Waals surface area contributed by atoms with Crippen molar-refractivity contribution in [3.63, 3.8) is 0 Å². The quantitative estimate of drug-likeness (QED) is 0.676. The molecular formula is C17H32O2. The van der Waals surface area contributed by atoms with Gasteiger partial charge in [0.1, 0.15) is 5.60 Å². The molecule has 1 fully saturated rings. The monoisotopic (exact) mass is 268 g/mol. The lowest BCUT2D eigenvalue weighted by molar-refractivity contribution is -0.175. The van der Waals surface area contributed by atoms with Crippen LogP contribution in [0.3, 0.4) is 0 Å². The van der Waals surface area contributed by atoms with E-state index in [4.69, 9.17) is 4.74 Å². The second kappa shape index (κ2) is 5.46. The number of ether oxygens (including phenoxy) is 1. The van der Waals surface area contributed by atoms with Crippen LogP contribution in [0.1, 0.15) is 80.6 Å². The average Bonchev–Trinajstić information content (AvgIpc) is 2.27. The van der Waals surface area contributed by atoms with Crippen molar-refractivity contribution in [1.29, 1.82) is 0 Å². The molecule has 0 aliphatic heterocycles. The molecule has 2 nitrogen and oxygen atoms in total. The van der Waals surface area contributed by atoms with Gasteiger partial charge >= 0.3 is 5.97 Å². The topological polar surface area (TPSA) is 26.3 Å². The van der Waals surface area contributed by atoms with Crippen molar-refractivity contribution >= 4 is 5.97 Å². The van der Waals surface area contributed by atoms with Gasteiger partial charge < -0.3 is 4.74 Å². The molecule has 19 heavy (non-hydrogen) atoms. The first kappa shape index (κ1) is 16.5. The summed E-state index contributed by atoms with van der Waals surface area (Å²) in [5.41, 5.74) is -0.328. The fraction of sp³-hybridized carbons (Fsp3) is 0.941. The Morgan fingerprint density at radius 3 is 2.32 bits per heavy atom. The third-order valence-electron chi connectivity index (χ3n) is 4.94. The van der Waals surface area contributed by atoms with Crippen LogP contribution in [-0.2, 0) is 9.53 Å². The van der Waals surface area contributed by atoms with Gasteiger partial charge in [-0.3, -0.25) is 4.79 Å². The Morgan fingerprint density at radius 2 is 1.84 bits per heavy atom. The summed E-state index contributed by atoms with van der Waals surface area (Å²) < 4.78 is 5.92. The van der Waals surface area contributed by atoms with E-state index in [1.807, 2.05) is 20.8 Å². The summed E-state index contributed by atoms with van der Waals surface area (Å²) in [6.45, 7) is 15.0. The Hall–Kier alpha value is -0.530. The van der Waals surface area contributed by atoms with Crippen LogP contribution in [0.25, 0.3) is 0 Å². The molecule has 112 valence electrons. The Kier molecular flexibility index (Phi) is 4.75. The highest BCUT2D eigenvalue weighted by Crippen LogP contribution is 2.44. The smallest absolute Gasteiger partial charge is 0.312 e. The van der Waals surface area contributed by atoms with E-state index in [1.54, 1.807) is 0 Å². The Balaban J connectivity index is 2.74. The zero-order valence-corrected chi connectivity index (χ0v) is 13.9. The molecule has 0 aromatic rings. The SMILES string of the molecule is CCC(C)(C)C(=O)OC1(C)CCCC(C(C)(C)C)C1. The molecule has 2 heteroatoms. The summed E-state index contributed by atoms with van der Waals surface area (Å²) in [7, 11) is 0. The van der Waals surface area contributed by atoms with Gasteiger partial charge in [-0.1, -0.05) is 27.7 Å². The Morgan fingerprint density at radius 1 is 1.26 bits per heavy atom. The maximum absolute atomic E-state index is 12.3. The maximum atomic E-state index is 12.3.